The van der Waals surface area contributed by atoms with Crippen LogP contribution in [0.4, 0.5) is 5.69 Å². The lowest BCUT2D eigenvalue weighted by Crippen LogP contribution is -2.21. The summed E-state index contributed by atoms with van der Waals surface area (Å²) in [4.78, 5) is 14.9. The first-order chi connectivity index (χ1) is 15.1. The Morgan fingerprint density at radius 2 is 1.68 bits per heavy atom. The Bertz CT molecular complexity index is 1010. The number of carbonyl (C=O) groups is 1. The number of hydrazone groups is 1. The Kier molecular flexibility index (Phi) is 8.07. The monoisotopic (exact) mass is 435 g/mol. The van der Waals surface area contributed by atoms with Crippen molar-refractivity contribution in [2.24, 2.45) is 5.10 Å². The number of nitrogens with zero attached hydrogens (tertiary/aromatic N) is 2. The molecule has 0 aliphatic heterocycles. The molecular formula is C25H26ClN3O2. The normalized spacial score (nSPS) is 10.8. The number of rotatable bonds is 9. The average Bonchev–Trinajstić information content (AvgIpc) is 2.80. The number of hydrogen-bond donors (Lipinski definition) is 1. The van der Waals surface area contributed by atoms with Crippen molar-refractivity contribution in [1.29, 1.82) is 0 Å². The van der Waals surface area contributed by atoms with E-state index in [-0.39, 0.29) is 5.91 Å². The minimum atomic E-state index is -0.331. The zero-order valence-electron chi connectivity index (χ0n) is 17.7. The van der Waals surface area contributed by atoms with Gasteiger partial charge in [-0.1, -0.05) is 48.0 Å². The van der Waals surface area contributed by atoms with Crippen LogP contribution in [0.25, 0.3) is 0 Å². The molecular weight excluding hydrogens is 410 g/mol. The summed E-state index contributed by atoms with van der Waals surface area (Å²) in [6.07, 6.45) is 1.63. The van der Waals surface area contributed by atoms with Gasteiger partial charge in [0.15, 0.2) is 0 Å². The van der Waals surface area contributed by atoms with Crippen LogP contribution >= 0.6 is 11.6 Å². The summed E-state index contributed by atoms with van der Waals surface area (Å²) in [7, 11) is 0. The number of hydrogen-bond acceptors (Lipinski definition) is 4. The summed E-state index contributed by atoms with van der Waals surface area (Å²) < 4.78 is 5.85. The Balaban J connectivity index is 1.61. The molecule has 5 nitrogen and oxygen atoms in total. The van der Waals surface area contributed by atoms with Gasteiger partial charge >= 0.3 is 0 Å². The summed E-state index contributed by atoms with van der Waals surface area (Å²) >= 11 is 5.91. The van der Waals surface area contributed by atoms with E-state index in [0.29, 0.717) is 22.9 Å². The van der Waals surface area contributed by atoms with E-state index in [4.69, 9.17) is 16.3 Å². The van der Waals surface area contributed by atoms with Crippen LogP contribution < -0.4 is 15.1 Å². The quantitative estimate of drug-likeness (QED) is 0.355. The number of anilines is 1. The zero-order chi connectivity index (χ0) is 22.1. The van der Waals surface area contributed by atoms with Crippen LogP contribution in [-0.2, 0) is 6.61 Å². The zero-order valence-corrected chi connectivity index (χ0v) is 18.5. The molecule has 0 unspecified atom stereocenters. The largest absolute Gasteiger partial charge is 0.488 e. The van der Waals surface area contributed by atoms with Crippen molar-refractivity contribution < 1.29 is 9.53 Å². The molecule has 3 aromatic carbocycles. The number of benzene rings is 3. The first kappa shape index (κ1) is 22.4. The molecule has 0 radical (unpaired) electrons. The van der Waals surface area contributed by atoms with E-state index < -0.39 is 0 Å². The number of carbonyl (C=O) groups excluding carboxylic acids is 1. The fourth-order valence-corrected chi connectivity index (χ4v) is 3.23. The standard InChI is InChI=1S/C25H26ClN3O2/c1-3-29(4-2)22-15-11-19(12-16-22)17-27-28-25(30)23-7-5-6-8-24(23)31-18-20-9-13-21(26)14-10-20/h5-17H,3-4,18H2,1-2H3,(H,28,30)/b27-17+. The Labute approximate surface area is 188 Å². The van der Waals surface area contributed by atoms with Crippen molar-refractivity contribution in [3.63, 3.8) is 0 Å². The summed E-state index contributed by atoms with van der Waals surface area (Å²) in [5.41, 5.74) is 6.03. The summed E-state index contributed by atoms with van der Waals surface area (Å²) in [6, 6.07) is 22.5. The van der Waals surface area contributed by atoms with Gasteiger partial charge in [0, 0.05) is 23.8 Å². The second-order valence-electron chi connectivity index (χ2n) is 6.87. The van der Waals surface area contributed by atoms with Gasteiger partial charge in [0.25, 0.3) is 5.91 Å². The van der Waals surface area contributed by atoms with E-state index in [2.05, 4.69) is 41.4 Å². The molecule has 0 fully saturated rings. The molecule has 6 heteroatoms. The maximum absolute atomic E-state index is 12.6. The van der Waals surface area contributed by atoms with E-state index in [1.165, 1.54) is 0 Å². The van der Waals surface area contributed by atoms with Crippen molar-refractivity contribution >= 4 is 29.4 Å². The Morgan fingerprint density at radius 1 is 1.00 bits per heavy atom. The van der Waals surface area contributed by atoms with Gasteiger partial charge in [-0.25, -0.2) is 5.43 Å². The van der Waals surface area contributed by atoms with Gasteiger partial charge in [-0.15, -0.1) is 0 Å². The number of nitrogens with one attached hydrogen (secondary N) is 1. The first-order valence-electron chi connectivity index (χ1n) is 10.3. The van der Waals surface area contributed by atoms with Crippen LogP contribution in [0.2, 0.25) is 5.02 Å². The van der Waals surface area contributed by atoms with E-state index in [0.717, 1.165) is 29.9 Å². The lowest BCUT2D eigenvalue weighted by molar-refractivity contribution is 0.0950. The van der Waals surface area contributed by atoms with E-state index in [9.17, 15) is 4.79 Å². The molecule has 0 aromatic heterocycles. The highest BCUT2D eigenvalue weighted by atomic mass is 35.5. The third-order valence-corrected chi connectivity index (χ3v) is 5.09. The van der Waals surface area contributed by atoms with Crippen LogP contribution in [-0.4, -0.2) is 25.2 Å². The van der Waals surface area contributed by atoms with Crippen molar-refractivity contribution in [3.05, 3.63) is 94.5 Å². The van der Waals surface area contributed by atoms with E-state index in [1.807, 2.05) is 42.5 Å². The molecule has 160 valence electrons. The molecule has 0 heterocycles. The van der Waals surface area contributed by atoms with Gasteiger partial charge in [-0.2, -0.15) is 5.10 Å². The van der Waals surface area contributed by atoms with Crippen LogP contribution in [0.1, 0.15) is 35.3 Å². The first-order valence-corrected chi connectivity index (χ1v) is 10.6. The summed E-state index contributed by atoms with van der Waals surface area (Å²) in [5, 5.41) is 4.76. The SMILES string of the molecule is CCN(CC)c1ccc(/C=N/NC(=O)c2ccccc2OCc2ccc(Cl)cc2)cc1. The minimum Gasteiger partial charge on any atom is -0.488 e. The fraction of sp³-hybridized carbons (Fsp3) is 0.200. The average molecular weight is 436 g/mol. The molecule has 0 bridgehead atoms. The highest BCUT2D eigenvalue weighted by Gasteiger charge is 2.11. The van der Waals surface area contributed by atoms with Crippen molar-refractivity contribution in [3.8, 4) is 5.75 Å². The van der Waals surface area contributed by atoms with E-state index in [1.54, 1.807) is 24.4 Å². The molecule has 3 aromatic rings. The number of para-hydroxylation sites is 1. The van der Waals surface area contributed by atoms with Crippen LogP contribution in [0.3, 0.4) is 0 Å². The van der Waals surface area contributed by atoms with Gasteiger partial charge in [0.05, 0.1) is 11.8 Å². The topological polar surface area (TPSA) is 53.9 Å². The molecule has 31 heavy (non-hydrogen) atoms. The third-order valence-electron chi connectivity index (χ3n) is 4.84. The molecule has 1 N–H and O–H groups in total. The highest BCUT2D eigenvalue weighted by Crippen LogP contribution is 2.20. The second-order valence-corrected chi connectivity index (χ2v) is 7.31. The molecule has 0 spiro atoms. The maximum Gasteiger partial charge on any atom is 0.275 e. The second kappa shape index (κ2) is 11.2. The Hall–Kier alpha value is -3.31. The van der Waals surface area contributed by atoms with Crippen molar-refractivity contribution in [2.75, 3.05) is 18.0 Å². The summed E-state index contributed by atoms with van der Waals surface area (Å²) in [6.45, 7) is 6.51. The predicted octanol–water partition coefficient (Wildman–Crippen LogP) is 5.53. The summed E-state index contributed by atoms with van der Waals surface area (Å²) in [5.74, 6) is 0.163. The molecule has 3 rings (SSSR count). The number of halogens is 1. The highest BCUT2D eigenvalue weighted by molar-refractivity contribution is 6.30. The van der Waals surface area contributed by atoms with Gasteiger partial charge in [-0.05, 0) is 61.4 Å². The van der Waals surface area contributed by atoms with Crippen LogP contribution in [0.5, 0.6) is 5.75 Å². The minimum absolute atomic E-state index is 0.331. The fourth-order valence-electron chi connectivity index (χ4n) is 3.11. The van der Waals surface area contributed by atoms with Crippen molar-refractivity contribution in [2.45, 2.75) is 20.5 Å². The smallest absolute Gasteiger partial charge is 0.275 e. The lowest BCUT2D eigenvalue weighted by Gasteiger charge is -2.20. The van der Waals surface area contributed by atoms with Gasteiger partial charge < -0.3 is 9.64 Å². The molecule has 1 amide bonds. The van der Waals surface area contributed by atoms with Gasteiger partial charge in [0.1, 0.15) is 12.4 Å². The number of ether oxygens (including phenoxy) is 1. The van der Waals surface area contributed by atoms with Crippen molar-refractivity contribution in [1.82, 2.24) is 5.43 Å². The molecule has 0 aliphatic carbocycles. The molecule has 0 saturated carbocycles. The Morgan fingerprint density at radius 3 is 2.35 bits per heavy atom. The van der Waals surface area contributed by atoms with Crippen LogP contribution in [0, 0.1) is 0 Å². The maximum atomic E-state index is 12.6. The van der Waals surface area contributed by atoms with E-state index >= 15 is 0 Å². The van der Waals surface area contributed by atoms with Crippen LogP contribution in [0.15, 0.2) is 77.9 Å². The predicted molar refractivity (Wildman–Crippen MR) is 127 cm³/mol. The van der Waals surface area contributed by atoms with Gasteiger partial charge in [0.2, 0.25) is 0 Å². The third kappa shape index (κ3) is 6.33. The molecule has 0 atom stereocenters. The lowest BCUT2D eigenvalue weighted by atomic mass is 10.2. The van der Waals surface area contributed by atoms with Gasteiger partial charge in [-0.3, -0.25) is 4.79 Å². The molecule has 0 saturated heterocycles. The molecule has 0 aliphatic rings. The number of amides is 1.